The van der Waals surface area contributed by atoms with Crippen LogP contribution in [0.4, 0.5) is 5.69 Å². The number of hydrogen-bond donors (Lipinski definition) is 1. The van der Waals surface area contributed by atoms with E-state index >= 15 is 0 Å². The predicted molar refractivity (Wildman–Crippen MR) is 96.4 cm³/mol. The predicted octanol–water partition coefficient (Wildman–Crippen LogP) is 5.89. The van der Waals surface area contributed by atoms with Gasteiger partial charge in [0.05, 0.1) is 6.04 Å². The molecule has 1 nitrogen and oxygen atoms in total. The van der Waals surface area contributed by atoms with Gasteiger partial charge in [-0.3, -0.25) is 0 Å². The van der Waals surface area contributed by atoms with Crippen LogP contribution in [0, 0.1) is 19.8 Å². The van der Waals surface area contributed by atoms with Crippen LogP contribution >= 0.6 is 15.9 Å². The van der Waals surface area contributed by atoms with Crippen molar-refractivity contribution >= 4 is 21.6 Å². The van der Waals surface area contributed by atoms with Crippen molar-refractivity contribution in [2.75, 3.05) is 5.32 Å². The minimum atomic E-state index is 0.365. The Morgan fingerprint density at radius 1 is 1.09 bits per heavy atom. The Labute approximate surface area is 140 Å². The average molecular weight is 354 g/mol. The van der Waals surface area contributed by atoms with Crippen LogP contribution in [0.25, 0.3) is 0 Å². The van der Waals surface area contributed by atoms with Crippen molar-refractivity contribution in [3.63, 3.8) is 0 Å². The van der Waals surface area contributed by atoms with Crippen LogP contribution in [0.2, 0.25) is 0 Å². The van der Waals surface area contributed by atoms with Gasteiger partial charge >= 0.3 is 0 Å². The summed E-state index contributed by atoms with van der Waals surface area (Å²) in [6, 6.07) is 13.6. The first-order valence-electron chi connectivity index (χ1n) is 7.94. The third-order valence-corrected chi connectivity index (χ3v) is 5.77. The maximum Gasteiger partial charge on any atom is 0.0565 e. The fourth-order valence-electron chi connectivity index (χ4n) is 4.11. The number of rotatable bonds is 1. The van der Waals surface area contributed by atoms with E-state index in [4.69, 9.17) is 0 Å². The highest BCUT2D eigenvalue weighted by Gasteiger charge is 2.38. The van der Waals surface area contributed by atoms with Crippen molar-refractivity contribution in [3.05, 3.63) is 75.3 Å². The molecule has 2 heteroatoms. The van der Waals surface area contributed by atoms with Crippen molar-refractivity contribution in [1.82, 2.24) is 0 Å². The Morgan fingerprint density at radius 3 is 2.73 bits per heavy atom. The molecule has 0 saturated carbocycles. The summed E-state index contributed by atoms with van der Waals surface area (Å²) in [6.07, 6.45) is 5.91. The monoisotopic (exact) mass is 353 g/mol. The van der Waals surface area contributed by atoms with Crippen molar-refractivity contribution < 1.29 is 0 Å². The number of allylic oxidation sites excluding steroid dienone is 2. The molecule has 0 unspecified atom stereocenters. The van der Waals surface area contributed by atoms with Crippen molar-refractivity contribution in [3.8, 4) is 0 Å². The number of benzene rings is 2. The van der Waals surface area contributed by atoms with Crippen LogP contribution in [-0.2, 0) is 0 Å². The van der Waals surface area contributed by atoms with E-state index in [0.29, 0.717) is 17.9 Å². The van der Waals surface area contributed by atoms with Gasteiger partial charge in [-0.1, -0.05) is 64.0 Å². The van der Waals surface area contributed by atoms with Gasteiger partial charge in [0.2, 0.25) is 0 Å². The number of fused-ring (bicyclic) bond motifs is 3. The molecule has 0 fully saturated rings. The zero-order chi connectivity index (χ0) is 15.3. The molecule has 2 aromatic carbocycles. The summed E-state index contributed by atoms with van der Waals surface area (Å²) in [6.45, 7) is 4.41. The number of hydrogen-bond acceptors (Lipinski definition) is 1. The minimum absolute atomic E-state index is 0.365. The smallest absolute Gasteiger partial charge is 0.0565 e. The van der Waals surface area contributed by atoms with Crippen LogP contribution in [0.1, 0.15) is 40.6 Å². The van der Waals surface area contributed by atoms with E-state index in [1.807, 2.05) is 0 Å². The molecular formula is C20H20BrN. The Kier molecular flexibility index (Phi) is 3.37. The Balaban J connectivity index is 1.86. The third kappa shape index (κ3) is 2.13. The second kappa shape index (κ2) is 5.27. The van der Waals surface area contributed by atoms with E-state index in [1.165, 1.54) is 32.4 Å². The van der Waals surface area contributed by atoms with E-state index in [0.717, 1.165) is 6.42 Å². The van der Waals surface area contributed by atoms with Crippen molar-refractivity contribution in [2.45, 2.75) is 32.2 Å². The zero-order valence-corrected chi connectivity index (χ0v) is 14.5. The third-order valence-electron chi connectivity index (χ3n) is 5.05. The van der Waals surface area contributed by atoms with Gasteiger partial charge in [0, 0.05) is 16.1 Å². The summed E-state index contributed by atoms with van der Waals surface area (Å²) in [5, 5.41) is 3.85. The minimum Gasteiger partial charge on any atom is -0.377 e. The molecule has 0 aromatic heterocycles. The van der Waals surface area contributed by atoms with Gasteiger partial charge in [-0.25, -0.2) is 0 Å². The summed E-state index contributed by atoms with van der Waals surface area (Å²) in [5.74, 6) is 1.14. The maximum absolute atomic E-state index is 3.85. The van der Waals surface area contributed by atoms with Gasteiger partial charge in [-0.2, -0.15) is 0 Å². The molecule has 1 aliphatic heterocycles. The topological polar surface area (TPSA) is 12.0 Å². The summed E-state index contributed by atoms with van der Waals surface area (Å²) < 4.78 is 1.20. The largest absolute Gasteiger partial charge is 0.377 e. The van der Waals surface area contributed by atoms with E-state index in [9.17, 15) is 0 Å². The molecule has 2 aliphatic rings. The van der Waals surface area contributed by atoms with Gasteiger partial charge in [0.25, 0.3) is 0 Å². The SMILES string of the molecule is Cc1cc(C)c2c(c1)[C@@H]1C=CC[C@H]1[C@@H](c1ccccc1Br)N2. The van der Waals surface area contributed by atoms with Crippen LogP contribution in [0.3, 0.4) is 0 Å². The normalized spacial score (nSPS) is 25.5. The molecule has 1 heterocycles. The van der Waals surface area contributed by atoms with Crippen LogP contribution in [-0.4, -0.2) is 0 Å². The summed E-state index contributed by atoms with van der Waals surface area (Å²) in [4.78, 5) is 0. The first-order valence-corrected chi connectivity index (χ1v) is 8.73. The molecule has 0 amide bonds. The van der Waals surface area contributed by atoms with E-state index < -0.39 is 0 Å². The first kappa shape index (κ1) is 14.1. The molecule has 2 aromatic rings. The van der Waals surface area contributed by atoms with Gasteiger partial charge in [0.15, 0.2) is 0 Å². The van der Waals surface area contributed by atoms with Gasteiger partial charge in [-0.15, -0.1) is 0 Å². The Hall–Kier alpha value is -1.54. The lowest BCUT2D eigenvalue weighted by molar-refractivity contribution is 0.424. The number of aryl methyl sites for hydroxylation is 2. The maximum atomic E-state index is 3.85. The lowest BCUT2D eigenvalue weighted by atomic mass is 9.76. The Bertz CT molecular complexity index is 762. The molecule has 0 spiro atoms. The molecule has 4 rings (SSSR count). The number of halogens is 1. The highest BCUT2D eigenvalue weighted by Crippen LogP contribution is 2.51. The first-order chi connectivity index (χ1) is 10.6. The highest BCUT2D eigenvalue weighted by atomic mass is 79.9. The zero-order valence-electron chi connectivity index (χ0n) is 12.9. The molecule has 0 saturated heterocycles. The molecule has 1 N–H and O–H groups in total. The molecule has 112 valence electrons. The molecule has 22 heavy (non-hydrogen) atoms. The lowest BCUT2D eigenvalue weighted by Crippen LogP contribution is -2.30. The van der Waals surface area contributed by atoms with Crippen LogP contribution < -0.4 is 5.32 Å². The quantitative estimate of drug-likeness (QED) is 0.630. The lowest BCUT2D eigenvalue weighted by Gasteiger charge is -2.39. The van der Waals surface area contributed by atoms with Crippen LogP contribution in [0.5, 0.6) is 0 Å². The second-order valence-corrected chi connectivity index (χ2v) is 7.40. The van der Waals surface area contributed by atoms with Gasteiger partial charge in [0.1, 0.15) is 0 Å². The van der Waals surface area contributed by atoms with Crippen molar-refractivity contribution in [1.29, 1.82) is 0 Å². The van der Waals surface area contributed by atoms with Crippen molar-refractivity contribution in [2.24, 2.45) is 5.92 Å². The van der Waals surface area contributed by atoms with E-state index in [2.05, 4.69) is 83.6 Å². The molecule has 0 bridgehead atoms. The fourth-order valence-corrected chi connectivity index (χ4v) is 4.64. The molecule has 0 radical (unpaired) electrons. The summed E-state index contributed by atoms with van der Waals surface area (Å²) >= 11 is 3.74. The number of anilines is 1. The van der Waals surface area contributed by atoms with Gasteiger partial charge in [-0.05, 0) is 48.9 Å². The summed E-state index contributed by atoms with van der Waals surface area (Å²) in [7, 11) is 0. The van der Waals surface area contributed by atoms with Gasteiger partial charge < -0.3 is 5.32 Å². The van der Waals surface area contributed by atoms with E-state index in [-0.39, 0.29) is 0 Å². The highest BCUT2D eigenvalue weighted by molar-refractivity contribution is 9.10. The second-order valence-electron chi connectivity index (χ2n) is 6.54. The molecule has 1 aliphatic carbocycles. The van der Waals surface area contributed by atoms with Crippen LogP contribution in [0.15, 0.2) is 53.0 Å². The fraction of sp³-hybridized carbons (Fsp3) is 0.300. The summed E-state index contributed by atoms with van der Waals surface area (Å²) in [5.41, 5.74) is 6.88. The molecule has 3 atom stereocenters. The average Bonchev–Trinajstić information content (AvgIpc) is 2.97. The molecular weight excluding hydrogens is 334 g/mol. The standard InChI is InChI=1S/C20H20BrN/c1-12-10-13(2)19-17(11-12)14-7-5-8-15(14)20(22-19)16-6-3-4-9-18(16)21/h3-7,9-11,14-15,20,22H,8H2,1-2H3/t14-,15-,20+/m1/s1. The van der Waals surface area contributed by atoms with E-state index in [1.54, 1.807) is 0 Å². The Morgan fingerprint density at radius 2 is 1.91 bits per heavy atom. The number of nitrogens with one attached hydrogen (secondary N) is 1.